The van der Waals surface area contributed by atoms with E-state index in [1.807, 2.05) is 0 Å². The molecule has 4 aromatic rings. The van der Waals surface area contributed by atoms with Crippen LogP contribution >= 0.6 is 11.6 Å². The number of carboxylic acid groups (broad SMARTS) is 1. The summed E-state index contributed by atoms with van der Waals surface area (Å²) in [5.74, 6) is -1.45. The summed E-state index contributed by atoms with van der Waals surface area (Å²) < 4.78 is 19.1. The zero-order valence-electron chi connectivity index (χ0n) is 16.5. The lowest BCUT2D eigenvalue weighted by molar-refractivity contribution is -0.136. The standard InChI is InChI=1S/C24H16ClFN2O4/c25-18-8-7-17(26)13-19(18)27-22(29)10-4-14-1-5-16(6-2-14)24-28-20-11-15(12-23(30)31)3-9-21(20)32-24/h1-11,13H,12H2,(H,27,29)(H,30,31)/b10-4+. The van der Waals surface area contributed by atoms with Gasteiger partial charge in [-0.1, -0.05) is 29.8 Å². The van der Waals surface area contributed by atoms with E-state index in [4.69, 9.17) is 21.1 Å². The Balaban J connectivity index is 1.46. The van der Waals surface area contributed by atoms with Gasteiger partial charge in [0.2, 0.25) is 11.8 Å². The van der Waals surface area contributed by atoms with Gasteiger partial charge in [0.05, 0.1) is 17.1 Å². The SMILES string of the molecule is O=C(O)Cc1ccc2oc(-c3ccc(/C=C/C(=O)Nc4cc(F)ccc4Cl)cc3)nc2c1. The van der Waals surface area contributed by atoms with Crippen molar-refractivity contribution in [1.29, 1.82) is 0 Å². The number of rotatable bonds is 6. The van der Waals surface area contributed by atoms with Crippen molar-refractivity contribution < 1.29 is 23.5 Å². The first-order valence-electron chi connectivity index (χ1n) is 9.53. The van der Waals surface area contributed by atoms with E-state index in [2.05, 4.69) is 10.3 Å². The molecule has 0 bridgehead atoms. The third-order valence-corrected chi connectivity index (χ3v) is 4.91. The van der Waals surface area contributed by atoms with Crippen LogP contribution in [0.5, 0.6) is 0 Å². The van der Waals surface area contributed by atoms with Crippen molar-refractivity contribution in [2.45, 2.75) is 6.42 Å². The molecule has 0 atom stereocenters. The van der Waals surface area contributed by atoms with E-state index >= 15 is 0 Å². The minimum atomic E-state index is -0.913. The monoisotopic (exact) mass is 450 g/mol. The Hall–Kier alpha value is -3.97. The fourth-order valence-electron chi connectivity index (χ4n) is 3.06. The average molecular weight is 451 g/mol. The van der Waals surface area contributed by atoms with Crippen LogP contribution < -0.4 is 5.32 Å². The van der Waals surface area contributed by atoms with Crippen LogP contribution in [-0.4, -0.2) is 22.0 Å². The number of hydrogen-bond acceptors (Lipinski definition) is 4. The Bertz CT molecular complexity index is 1350. The van der Waals surface area contributed by atoms with Crippen molar-refractivity contribution in [2.75, 3.05) is 5.32 Å². The molecular weight excluding hydrogens is 435 g/mol. The van der Waals surface area contributed by atoms with Gasteiger partial charge in [-0.3, -0.25) is 9.59 Å². The highest BCUT2D eigenvalue weighted by Gasteiger charge is 2.10. The molecule has 0 saturated carbocycles. The molecule has 160 valence electrons. The molecule has 6 nitrogen and oxygen atoms in total. The number of carbonyl (C=O) groups is 2. The zero-order valence-corrected chi connectivity index (χ0v) is 17.3. The van der Waals surface area contributed by atoms with E-state index in [0.29, 0.717) is 22.6 Å². The second-order valence-corrected chi connectivity index (χ2v) is 7.37. The van der Waals surface area contributed by atoms with Crippen LogP contribution in [0.2, 0.25) is 5.02 Å². The Kier molecular flexibility index (Phi) is 6.00. The molecule has 0 fully saturated rings. The van der Waals surface area contributed by atoms with Crippen LogP contribution in [0.15, 0.2) is 71.2 Å². The molecule has 8 heteroatoms. The van der Waals surface area contributed by atoms with E-state index < -0.39 is 17.7 Å². The van der Waals surface area contributed by atoms with Gasteiger partial charge in [-0.2, -0.15) is 0 Å². The summed E-state index contributed by atoms with van der Waals surface area (Å²) in [5, 5.41) is 11.7. The van der Waals surface area contributed by atoms with Crippen LogP contribution in [0.25, 0.3) is 28.6 Å². The van der Waals surface area contributed by atoms with Crippen molar-refractivity contribution >= 4 is 46.3 Å². The van der Waals surface area contributed by atoms with Crippen molar-refractivity contribution in [2.24, 2.45) is 0 Å². The largest absolute Gasteiger partial charge is 0.481 e. The van der Waals surface area contributed by atoms with Crippen LogP contribution in [0.4, 0.5) is 10.1 Å². The number of hydrogen-bond donors (Lipinski definition) is 2. The van der Waals surface area contributed by atoms with Gasteiger partial charge in [0.15, 0.2) is 5.58 Å². The quantitative estimate of drug-likeness (QED) is 0.375. The summed E-state index contributed by atoms with van der Waals surface area (Å²) >= 11 is 5.95. The first-order valence-corrected chi connectivity index (χ1v) is 9.91. The van der Waals surface area contributed by atoms with Gasteiger partial charge in [-0.25, -0.2) is 9.37 Å². The molecule has 0 aliphatic carbocycles. The minimum absolute atomic E-state index is 0.0852. The third kappa shape index (κ3) is 5.01. The highest BCUT2D eigenvalue weighted by molar-refractivity contribution is 6.33. The summed E-state index contributed by atoms with van der Waals surface area (Å²) in [5.41, 5.74) is 3.46. The zero-order chi connectivity index (χ0) is 22.7. The van der Waals surface area contributed by atoms with Gasteiger partial charge < -0.3 is 14.8 Å². The van der Waals surface area contributed by atoms with Crippen molar-refractivity contribution in [3.8, 4) is 11.5 Å². The van der Waals surface area contributed by atoms with E-state index in [-0.39, 0.29) is 17.1 Å². The maximum atomic E-state index is 13.3. The van der Waals surface area contributed by atoms with Crippen LogP contribution in [0.1, 0.15) is 11.1 Å². The number of carboxylic acids is 1. The number of amides is 1. The number of oxazole rings is 1. The summed E-state index contributed by atoms with van der Waals surface area (Å²) in [6, 6.07) is 16.0. The first kappa shape index (κ1) is 21.3. The molecular formula is C24H16ClFN2O4. The number of fused-ring (bicyclic) bond motifs is 1. The van der Waals surface area contributed by atoms with E-state index in [0.717, 1.165) is 17.2 Å². The molecule has 0 aliphatic rings. The highest BCUT2D eigenvalue weighted by Crippen LogP contribution is 2.26. The molecule has 0 unspecified atom stereocenters. The maximum absolute atomic E-state index is 13.3. The second kappa shape index (κ2) is 9.03. The molecule has 4 rings (SSSR count). The average Bonchev–Trinajstić information content (AvgIpc) is 3.18. The van der Waals surface area contributed by atoms with Gasteiger partial charge in [0.25, 0.3) is 0 Å². The maximum Gasteiger partial charge on any atom is 0.307 e. The number of nitrogens with zero attached hydrogens (tertiary/aromatic N) is 1. The number of aromatic nitrogens is 1. The number of nitrogens with one attached hydrogen (secondary N) is 1. The summed E-state index contributed by atoms with van der Waals surface area (Å²) in [6.07, 6.45) is 2.84. The Labute approximate surface area is 187 Å². The lowest BCUT2D eigenvalue weighted by Crippen LogP contribution is -2.08. The van der Waals surface area contributed by atoms with E-state index in [9.17, 15) is 14.0 Å². The van der Waals surface area contributed by atoms with Crippen LogP contribution in [0.3, 0.4) is 0 Å². The molecule has 1 heterocycles. The molecule has 3 aromatic carbocycles. The predicted octanol–water partition coefficient (Wildman–Crippen LogP) is 5.57. The first-order chi connectivity index (χ1) is 15.4. The molecule has 1 aromatic heterocycles. The molecule has 0 spiro atoms. The normalized spacial score (nSPS) is 11.2. The number of halogens is 2. The van der Waals surface area contributed by atoms with Gasteiger partial charge in [0.1, 0.15) is 11.3 Å². The topological polar surface area (TPSA) is 92.4 Å². The van der Waals surface area contributed by atoms with Crippen LogP contribution in [-0.2, 0) is 16.0 Å². The number of benzene rings is 3. The number of carbonyl (C=O) groups excluding carboxylic acids is 1. The van der Waals surface area contributed by atoms with E-state index in [1.54, 1.807) is 48.5 Å². The molecule has 1 amide bonds. The number of anilines is 1. The molecule has 0 saturated heterocycles. The minimum Gasteiger partial charge on any atom is -0.481 e. The van der Waals surface area contributed by atoms with Gasteiger partial charge in [-0.15, -0.1) is 0 Å². The fraction of sp³-hybridized carbons (Fsp3) is 0.0417. The lowest BCUT2D eigenvalue weighted by atomic mass is 10.1. The molecule has 0 radical (unpaired) electrons. The summed E-state index contributed by atoms with van der Waals surface area (Å²) in [4.78, 5) is 27.4. The highest BCUT2D eigenvalue weighted by atomic mass is 35.5. The van der Waals surface area contributed by atoms with Crippen molar-refractivity contribution in [3.63, 3.8) is 0 Å². The predicted molar refractivity (Wildman–Crippen MR) is 120 cm³/mol. The fourth-order valence-corrected chi connectivity index (χ4v) is 3.22. The second-order valence-electron chi connectivity index (χ2n) is 6.96. The lowest BCUT2D eigenvalue weighted by Gasteiger charge is -2.04. The van der Waals surface area contributed by atoms with Crippen molar-refractivity contribution in [3.05, 3.63) is 88.7 Å². The summed E-state index contributed by atoms with van der Waals surface area (Å²) in [7, 11) is 0. The Morgan fingerprint density at radius 1 is 1.09 bits per heavy atom. The Morgan fingerprint density at radius 3 is 2.62 bits per heavy atom. The van der Waals surface area contributed by atoms with Gasteiger partial charge in [-0.05, 0) is 59.7 Å². The molecule has 32 heavy (non-hydrogen) atoms. The summed E-state index contributed by atoms with van der Waals surface area (Å²) in [6.45, 7) is 0. The Morgan fingerprint density at radius 2 is 1.88 bits per heavy atom. The third-order valence-electron chi connectivity index (χ3n) is 4.58. The van der Waals surface area contributed by atoms with Crippen molar-refractivity contribution in [1.82, 2.24) is 4.98 Å². The molecule has 2 N–H and O–H groups in total. The molecule has 0 aliphatic heterocycles. The smallest absolute Gasteiger partial charge is 0.307 e. The van der Waals surface area contributed by atoms with Gasteiger partial charge >= 0.3 is 5.97 Å². The van der Waals surface area contributed by atoms with Crippen LogP contribution in [0, 0.1) is 5.82 Å². The number of aliphatic carboxylic acids is 1. The van der Waals surface area contributed by atoms with Gasteiger partial charge in [0, 0.05) is 11.6 Å². The van der Waals surface area contributed by atoms with E-state index in [1.165, 1.54) is 18.2 Å².